The van der Waals surface area contributed by atoms with E-state index in [0.717, 1.165) is 11.3 Å². The molecule has 1 spiro atoms. The topological polar surface area (TPSA) is 132 Å². The fourth-order valence-electron chi connectivity index (χ4n) is 5.41. The van der Waals surface area contributed by atoms with Crippen molar-refractivity contribution in [2.24, 2.45) is 0 Å². The van der Waals surface area contributed by atoms with Gasteiger partial charge in [0.25, 0.3) is 0 Å². The summed E-state index contributed by atoms with van der Waals surface area (Å²) in [5.41, 5.74) is 0.399. The monoisotopic (exact) mass is 565 g/mol. The zero-order valence-electron chi connectivity index (χ0n) is 24.0. The van der Waals surface area contributed by atoms with Crippen LogP contribution in [0.3, 0.4) is 0 Å². The highest BCUT2D eigenvalue weighted by atomic mass is 16.6. The summed E-state index contributed by atoms with van der Waals surface area (Å²) in [7, 11) is 0. The van der Waals surface area contributed by atoms with Crippen molar-refractivity contribution in [2.45, 2.75) is 70.3 Å². The van der Waals surface area contributed by atoms with E-state index >= 15 is 0 Å². The number of para-hydroxylation sites is 1. The number of piperidine rings is 1. The number of rotatable bonds is 7. The number of hydrogen-bond acceptors (Lipinski definition) is 6. The predicted molar refractivity (Wildman–Crippen MR) is 153 cm³/mol. The normalized spacial score (nSPS) is 18.1. The second-order valence-electron chi connectivity index (χ2n) is 11.6. The summed E-state index contributed by atoms with van der Waals surface area (Å²) in [6, 6.07) is 16.9. The Morgan fingerprint density at radius 2 is 1.56 bits per heavy atom. The molecule has 0 saturated carbocycles. The lowest BCUT2D eigenvalue weighted by atomic mass is 9.85. The number of alkyl carbamates (subject to hydrolysis) is 1. The number of carboxylic acids is 1. The van der Waals surface area contributed by atoms with Crippen molar-refractivity contribution >= 4 is 29.7 Å². The molecule has 2 aromatic carbocycles. The summed E-state index contributed by atoms with van der Waals surface area (Å²) in [6.07, 6.45) is -0.0368. The Balaban J connectivity index is 1.44. The molecule has 2 heterocycles. The number of nitrogens with one attached hydrogen (secondary N) is 2. The van der Waals surface area contributed by atoms with Gasteiger partial charge in [-0.3, -0.25) is 4.79 Å². The molecular formula is C30H39N5O6. The molecule has 220 valence electrons. The molecule has 4 rings (SSSR count). The van der Waals surface area contributed by atoms with Crippen LogP contribution in [0.2, 0.25) is 0 Å². The lowest BCUT2D eigenvalue weighted by molar-refractivity contribution is -0.140. The van der Waals surface area contributed by atoms with Crippen LogP contribution in [0.1, 0.15) is 46.1 Å². The Morgan fingerprint density at radius 3 is 2.12 bits per heavy atom. The molecular weight excluding hydrogens is 526 g/mol. The smallest absolute Gasteiger partial charge is 0.408 e. The number of amides is 4. The van der Waals surface area contributed by atoms with Gasteiger partial charge in [-0.2, -0.15) is 0 Å². The molecule has 4 amide bonds. The SMILES string of the molecule is CC(NC(=O)N1CCC2(CC1)C(=O)N(Cc1ccccc1)CN2c1ccccc1)C(NC(=O)OC(C)(C)C)C(=O)O. The summed E-state index contributed by atoms with van der Waals surface area (Å²) in [6.45, 7) is 8.08. The van der Waals surface area contributed by atoms with Crippen molar-refractivity contribution in [1.82, 2.24) is 20.4 Å². The quantitative estimate of drug-likeness (QED) is 0.469. The zero-order chi connectivity index (χ0) is 29.8. The van der Waals surface area contributed by atoms with Gasteiger partial charge in [-0.05, 0) is 58.2 Å². The second-order valence-corrected chi connectivity index (χ2v) is 11.6. The van der Waals surface area contributed by atoms with Gasteiger partial charge in [-0.15, -0.1) is 0 Å². The largest absolute Gasteiger partial charge is 0.480 e. The van der Waals surface area contributed by atoms with Gasteiger partial charge in [-0.25, -0.2) is 14.4 Å². The number of carbonyl (C=O) groups is 4. The average Bonchev–Trinajstić information content (AvgIpc) is 3.18. The van der Waals surface area contributed by atoms with Crippen LogP contribution in [0, 0.1) is 0 Å². The zero-order valence-corrected chi connectivity index (χ0v) is 24.0. The van der Waals surface area contributed by atoms with E-state index in [0.29, 0.717) is 39.1 Å². The van der Waals surface area contributed by atoms with Crippen LogP contribution in [0.4, 0.5) is 15.3 Å². The molecule has 2 unspecified atom stereocenters. The molecule has 0 radical (unpaired) electrons. The fourth-order valence-corrected chi connectivity index (χ4v) is 5.41. The minimum Gasteiger partial charge on any atom is -0.480 e. The highest BCUT2D eigenvalue weighted by Crippen LogP contribution is 2.40. The van der Waals surface area contributed by atoms with Crippen LogP contribution < -0.4 is 15.5 Å². The number of benzene rings is 2. The van der Waals surface area contributed by atoms with E-state index in [9.17, 15) is 24.3 Å². The molecule has 0 bridgehead atoms. The van der Waals surface area contributed by atoms with Gasteiger partial charge in [0, 0.05) is 25.3 Å². The Bertz CT molecular complexity index is 1240. The number of hydrogen-bond donors (Lipinski definition) is 3. The van der Waals surface area contributed by atoms with E-state index in [-0.39, 0.29) is 5.91 Å². The van der Waals surface area contributed by atoms with E-state index in [1.54, 1.807) is 25.7 Å². The number of anilines is 1. The lowest BCUT2D eigenvalue weighted by Gasteiger charge is -2.43. The van der Waals surface area contributed by atoms with Crippen LogP contribution in [0.15, 0.2) is 60.7 Å². The molecule has 2 atom stereocenters. The third-order valence-corrected chi connectivity index (χ3v) is 7.47. The molecule has 41 heavy (non-hydrogen) atoms. The molecule has 3 N–H and O–H groups in total. The molecule has 2 fully saturated rings. The van der Waals surface area contributed by atoms with Crippen LogP contribution in [-0.4, -0.2) is 81.9 Å². The molecule has 11 nitrogen and oxygen atoms in total. The van der Waals surface area contributed by atoms with E-state index in [1.165, 1.54) is 6.92 Å². The lowest BCUT2D eigenvalue weighted by Crippen LogP contribution is -2.61. The third-order valence-electron chi connectivity index (χ3n) is 7.47. The number of likely N-dealkylation sites (tertiary alicyclic amines) is 1. The maximum absolute atomic E-state index is 13.9. The first-order valence-electron chi connectivity index (χ1n) is 13.8. The summed E-state index contributed by atoms with van der Waals surface area (Å²) in [5.74, 6) is -1.26. The first kappa shape index (κ1) is 29.7. The number of aliphatic carboxylic acids is 1. The Kier molecular flexibility index (Phi) is 8.74. The Labute approximate surface area is 240 Å². The molecule has 0 aliphatic carbocycles. The minimum absolute atomic E-state index is 0.0335. The third kappa shape index (κ3) is 6.90. The molecule has 2 aliphatic heterocycles. The highest BCUT2D eigenvalue weighted by molar-refractivity contribution is 5.94. The highest BCUT2D eigenvalue weighted by Gasteiger charge is 2.54. The fraction of sp³-hybridized carbons (Fsp3) is 0.467. The molecule has 2 saturated heterocycles. The molecule has 2 aromatic rings. The van der Waals surface area contributed by atoms with Gasteiger partial charge in [0.1, 0.15) is 17.2 Å². The van der Waals surface area contributed by atoms with Crippen molar-refractivity contribution in [3.05, 3.63) is 66.2 Å². The predicted octanol–water partition coefficient (Wildman–Crippen LogP) is 3.40. The number of ether oxygens (including phenoxy) is 1. The number of urea groups is 1. The second kappa shape index (κ2) is 12.1. The van der Waals surface area contributed by atoms with E-state index in [4.69, 9.17) is 4.74 Å². The van der Waals surface area contributed by atoms with Crippen molar-refractivity contribution in [3.63, 3.8) is 0 Å². The summed E-state index contributed by atoms with van der Waals surface area (Å²) in [5, 5.41) is 14.7. The van der Waals surface area contributed by atoms with Gasteiger partial charge in [0.05, 0.1) is 12.7 Å². The van der Waals surface area contributed by atoms with E-state index in [2.05, 4.69) is 15.5 Å². The van der Waals surface area contributed by atoms with Gasteiger partial charge in [-0.1, -0.05) is 48.5 Å². The van der Waals surface area contributed by atoms with Crippen molar-refractivity contribution in [1.29, 1.82) is 0 Å². The first-order valence-corrected chi connectivity index (χ1v) is 13.8. The first-order chi connectivity index (χ1) is 19.4. The van der Waals surface area contributed by atoms with Gasteiger partial charge >= 0.3 is 18.1 Å². The van der Waals surface area contributed by atoms with Crippen LogP contribution in [0.5, 0.6) is 0 Å². The molecule has 11 heteroatoms. The number of carbonyl (C=O) groups excluding carboxylic acids is 3. The molecule has 0 aromatic heterocycles. The Morgan fingerprint density at radius 1 is 0.976 bits per heavy atom. The Hall–Kier alpha value is -4.28. The van der Waals surface area contributed by atoms with Crippen LogP contribution >= 0.6 is 0 Å². The number of nitrogens with zero attached hydrogens (tertiary/aromatic N) is 3. The maximum atomic E-state index is 13.9. The van der Waals surface area contributed by atoms with E-state index in [1.807, 2.05) is 65.6 Å². The summed E-state index contributed by atoms with van der Waals surface area (Å²) >= 11 is 0. The summed E-state index contributed by atoms with van der Waals surface area (Å²) in [4.78, 5) is 56.7. The number of carboxylic acid groups (broad SMARTS) is 1. The van der Waals surface area contributed by atoms with Crippen LogP contribution in [-0.2, 0) is 20.9 Å². The van der Waals surface area contributed by atoms with Gasteiger partial charge < -0.3 is 35.2 Å². The van der Waals surface area contributed by atoms with Gasteiger partial charge in [0.2, 0.25) is 5.91 Å². The standard InChI is InChI=1S/C30H39N5O6/c1-21(24(25(36)37)32-28(40)41-29(2,3)4)31-27(39)33-17-15-30(16-18-33)26(38)34(19-22-11-7-5-8-12-22)20-35(30)23-13-9-6-10-14-23/h5-14,21,24H,15-20H2,1-4H3,(H,31,39)(H,32,40)(H,36,37). The molecule has 2 aliphatic rings. The van der Waals surface area contributed by atoms with Crippen molar-refractivity contribution in [3.8, 4) is 0 Å². The van der Waals surface area contributed by atoms with Crippen molar-refractivity contribution < 1.29 is 29.0 Å². The van der Waals surface area contributed by atoms with E-state index < -0.39 is 41.3 Å². The minimum atomic E-state index is -1.39. The summed E-state index contributed by atoms with van der Waals surface area (Å²) < 4.78 is 5.17. The average molecular weight is 566 g/mol. The maximum Gasteiger partial charge on any atom is 0.408 e. The van der Waals surface area contributed by atoms with Gasteiger partial charge in [0.15, 0.2) is 0 Å². The van der Waals surface area contributed by atoms with Crippen LogP contribution in [0.25, 0.3) is 0 Å². The van der Waals surface area contributed by atoms with Crippen molar-refractivity contribution in [2.75, 3.05) is 24.7 Å².